The fourth-order valence-electron chi connectivity index (χ4n) is 3.42. The number of pyridine rings is 1. The Balaban J connectivity index is 1.31. The number of carbonyl (C=O) groups is 1. The standard InChI is InChI=1S/C18H20F3N7O2/c1-9-15-16(28(2)8-14(29)26-15)27-17(23-9)25-11-5-10(6-11)24-13-4-3-12(7-22-13)30-18(19,20)21/h3-4,7,10-11H,5-6,8H2,1-2H3,(H,22,24)(H,26,29)(H,23,25,27). The van der Waals surface area contributed by atoms with Gasteiger partial charge in [-0.1, -0.05) is 0 Å². The number of carbonyl (C=O) groups excluding carboxylic acids is 1. The highest BCUT2D eigenvalue weighted by atomic mass is 19.4. The van der Waals surface area contributed by atoms with Crippen molar-refractivity contribution in [1.82, 2.24) is 15.0 Å². The summed E-state index contributed by atoms with van der Waals surface area (Å²) in [5.74, 6) is 1.18. The summed E-state index contributed by atoms with van der Waals surface area (Å²) in [4.78, 5) is 26.3. The van der Waals surface area contributed by atoms with Crippen molar-refractivity contribution < 1.29 is 22.7 Å². The summed E-state index contributed by atoms with van der Waals surface area (Å²) in [5, 5.41) is 9.25. The Morgan fingerprint density at radius 2 is 1.93 bits per heavy atom. The van der Waals surface area contributed by atoms with Gasteiger partial charge < -0.3 is 25.6 Å². The minimum absolute atomic E-state index is 0.100. The monoisotopic (exact) mass is 423 g/mol. The van der Waals surface area contributed by atoms with E-state index in [-0.39, 0.29) is 30.3 Å². The quantitative estimate of drug-likeness (QED) is 0.674. The Kier molecular flexibility index (Phi) is 5.00. The van der Waals surface area contributed by atoms with Gasteiger partial charge in [0.05, 0.1) is 18.4 Å². The number of aromatic nitrogens is 3. The van der Waals surface area contributed by atoms with Gasteiger partial charge in [-0.05, 0) is 31.9 Å². The SMILES string of the molecule is Cc1nc(NC2CC(Nc3ccc(OC(F)(F)F)cn3)C2)nc2c1NC(=O)CN2C. The number of nitrogens with one attached hydrogen (secondary N) is 3. The van der Waals surface area contributed by atoms with E-state index in [1.54, 1.807) is 11.9 Å². The minimum Gasteiger partial charge on any atom is -0.404 e. The van der Waals surface area contributed by atoms with Crippen molar-refractivity contribution in [2.24, 2.45) is 0 Å². The number of anilines is 4. The lowest BCUT2D eigenvalue weighted by molar-refractivity contribution is -0.274. The van der Waals surface area contributed by atoms with Gasteiger partial charge >= 0.3 is 6.36 Å². The summed E-state index contributed by atoms with van der Waals surface area (Å²) in [6.45, 7) is 2.05. The lowest BCUT2D eigenvalue weighted by atomic mass is 9.87. The number of ether oxygens (including phenoxy) is 1. The number of nitrogens with zero attached hydrogens (tertiary/aromatic N) is 4. The molecule has 0 atom stereocenters. The average molecular weight is 423 g/mol. The molecule has 0 bridgehead atoms. The van der Waals surface area contributed by atoms with Crippen molar-refractivity contribution in [3.63, 3.8) is 0 Å². The van der Waals surface area contributed by atoms with Crippen LogP contribution in [0, 0.1) is 6.92 Å². The average Bonchev–Trinajstić information content (AvgIpc) is 2.61. The molecule has 1 aliphatic heterocycles. The second kappa shape index (κ2) is 7.50. The Hall–Kier alpha value is -3.31. The van der Waals surface area contributed by atoms with Gasteiger partial charge in [0.1, 0.15) is 17.3 Å². The molecule has 9 nitrogen and oxygen atoms in total. The third kappa shape index (κ3) is 4.47. The van der Waals surface area contributed by atoms with Crippen molar-refractivity contribution in [2.45, 2.75) is 38.2 Å². The summed E-state index contributed by atoms with van der Waals surface area (Å²) < 4.78 is 40.4. The molecule has 12 heteroatoms. The van der Waals surface area contributed by atoms with Gasteiger partial charge in [-0.25, -0.2) is 9.97 Å². The van der Waals surface area contributed by atoms with Crippen molar-refractivity contribution in [3.05, 3.63) is 24.0 Å². The minimum atomic E-state index is -4.74. The molecule has 1 fully saturated rings. The normalized spacial score (nSPS) is 20.7. The second-order valence-electron chi connectivity index (χ2n) is 7.32. The molecule has 2 aromatic rings. The smallest absolute Gasteiger partial charge is 0.404 e. The lowest BCUT2D eigenvalue weighted by Crippen LogP contribution is -2.44. The zero-order valence-electron chi connectivity index (χ0n) is 16.2. The van der Waals surface area contributed by atoms with Gasteiger partial charge in [0, 0.05) is 19.1 Å². The number of hydrogen-bond acceptors (Lipinski definition) is 8. The van der Waals surface area contributed by atoms with Crippen molar-refractivity contribution >= 4 is 29.2 Å². The highest BCUT2D eigenvalue weighted by Gasteiger charge is 2.32. The molecule has 0 radical (unpaired) electrons. The number of amides is 1. The predicted molar refractivity (Wildman–Crippen MR) is 104 cm³/mol. The molecule has 30 heavy (non-hydrogen) atoms. The molecule has 0 saturated heterocycles. The van der Waals surface area contributed by atoms with E-state index < -0.39 is 6.36 Å². The first-order chi connectivity index (χ1) is 14.2. The summed E-state index contributed by atoms with van der Waals surface area (Å²) >= 11 is 0. The Labute approximate surface area is 170 Å². The van der Waals surface area contributed by atoms with Crippen LogP contribution in [-0.4, -0.2) is 52.9 Å². The molecule has 1 aliphatic carbocycles. The number of rotatable bonds is 5. The molecule has 0 unspecified atom stereocenters. The Morgan fingerprint density at radius 1 is 1.20 bits per heavy atom. The predicted octanol–water partition coefficient (Wildman–Crippen LogP) is 2.52. The fourth-order valence-corrected chi connectivity index (χ4v) is 3.42. The van der Waals surface area contributed by atoms with Crippen molar-refractivity contribution in [3.8, 4) is 5.75 Å². The Morgan fingerprint density at radius 3 is 2.60 bits per heavy atom. The first-order valence-electron chi connectivity index (χ1n) is 9.31. The number of aryl methyl sites for hydroxylation is 1. The van der Waals surface area contributed by atoms with Gasteiger partial charge in [-0.3, -0.25) is 4.79 Å². The third-order valence-electron chi connectivity index (χ3n) is 4.87. The zero-order valence-corrected chi connectivity index (χ0v) is 16.2. The van der Waals surface area contributed by atoms with E-state index in [0.717, 1.165) is 19.0 Å². The van der Waals surface area contributed by atoms with E-state index in [2.05, 4.69) is 35.6 Å². The van der Waals surface area contributed by atoms with E-state index in [0.29, 0.717) is 29.0 Å². The van der Waals surface area contributed by atoms with Crippen LogP contribution in [0.4, 0.5) is 36.4 Å². The highest BCUT2D eigenvalue weighted by Crippen LogP contribution is 2.32. The number of alkyl halides is 3. The molecule has 0 spiro atoms. The van der Waals surface area contributed by atoms with Gasteiger partial charge in [0.15, 0.2) is 5.82 Å². The van der Waals surface area contributed by atoms with Crippen LogP contribution in [0.3, 0.4) is 0 Å². The first-order valence-corrected chi connectivity index (χ1v) is 9.31. The summed E-state index contributed by atoms with van der Waals surface area (Å²) in [5.41, 5.74) is 1.30. The molecule has 4 rings (SSSR count). The lowest BCUT2D eigenvalue weighted by Gasteiger charge is -2.37. The molecule has 0 aromatic carbocycles. The van der Waals surface area contributed by atoms with Crippen LogP contribution in [0.5, 0.6) is 5.75 Å². The first kappa shape index (κ1) is 20.0. The molecule has 2 aliphatic rings. The number of halogens is 3. The fraction of sp³-hybridized carbons (Fsp3) is 0.444. The molecule has 3 heterocycles. The van der Waals surface area contributed by atoms with Crippen molar-refractivity contribution in [1.29, 1.82) is 0 Å². The summed E-state index contributed by atoms with van der Waals surface area (Å²) in [7, 11) is 1.80. The van der Waals surface area contributed by atoms with E-state index in [9.17, 15) is 18.0 Å². The number of fused-ring (bicyclic) bond motifs is 1. The Bertz CT molecular complexity index is 946. The highest BCUT2D eigenvalue weighted by molar-refractivity contribution is 6.00. The zero-order chi connectivity index (χ0) is 21.5. The largest absolute Gasteiger partial charge is 0.573 e. The van der Waals surface area contributed by atoms with E-state index in [1.165, 1.54) is 12.1 Å². The molecule has 3 N–H and O–H groups in total. The van der Waals surface area contributed by atoms with Crippen LogP contribution in [-0.2, 0) is 4.79 Å². The van der Waals surface area contributed by atoms with Crippen LogP contribution >= 0.6 is 0 Å². The van der Waals surface area contributed by atoms with Gasteiger partial charge in [-0.2, -0.15) is 4.98 Å². The van der Waals surface area contributed by atoms with Gasteiger partial charge in [-0.15, -0.1) is 13.2 Å². The number of likely N-dealkylation sites (N-methyl/N-ethyl adjacent to an activating group) is 1. The molecule has 2 aromatic heterocycles. The second-order valence-corrected chi connectivity index (χ2v) is 7.32. The molecular formula is C18H20F3N7O2. The maximum Gasteiger partial charge on any atom is 0.573 e. The molecule has 1 amide bonds. The van der Waals surface area contributed by atoms with Crippen LogP contribution < -0.4 is 25.6 Å². The van der Waals surface area contributed by atoms with Crippen molar-refractivity contribution in [2.75, 3.05) is 34.4 Å². The third-order valence-corrected chi connectivity index (χ3v) is 4.87. The molecule has 1 saturated carbocycles. The van der Waals surface area contributed by atoms with E-state index in [1.807, 2.05) is 6.92 Å². The van der Waals surface area contributed by atoms with Crippen LogP contribution in [0.25, 0.3) is 0 Å². The maximum absolute atomic E-state index is 12.2. The maximum atomic E-state index is 12.2. The summed E-state index contributed by atoms with van der Waals surface area (Å²) in [6.07, 6.45) is -2.16. The molecular weight excluding hydrogens is 403 g/mol. The molecule has 160 valence electrons. The van der Waals surface area contributed by atoms with Crippen LogP contribution in [0.2, 0.25) is 0 Å². The topological polar surface area (TPSA) is 104 Å². The summed E-state index contributed by atoms with van der Waals surface area (Å²) in [6, 6.07) is 2.94. The van der Waals surface area contributed by atoms with E-state index >= 15 is 0 Å². The number of hydrogen-bond donors (Lipinski definition) is 3. The van der Waals surface area contributed by atoms with Gasteiger partial charge in [0.2, 0.25) is 11.9 Å². The van der Waals surface area contributed by atoms with Crippen LogP contribution in [0.1, 0.15) is 18.5 Å². The van der Waals surface area contributed by atoms with Crippen LogP contribution in [0.15, 0.2) is 18.3 Å². The van der Waals surface area contributed by atoms with Gasteiger partial charge in [0.25, 0.3) is 0 Å². The van der Waals surface area contributed by atoms with E-state index in [4.69, 9.17) is 0 Å².